The van der Waals surface area contributed by atoms with Crippen molar-refractivity contribution in [3.05, 3.63) is 29.8 Å². The van der Waals surface area contributed by atoms with Crippen molar-refractivity contribution in [2.45, 2.75) is 26.7 Å². The minimum Gasteiger partial charge on any atom is -0.347 e. The van der Waals surface area contributed by atoms with Crippen LogP contribution in [0.5, 0.6) is 0 Å². The molecule has 1 aromatic carbocycles. The predicted octanol–water partition coefficient (Wildman–Crippen LogP) is 2.05. The second kappa shape index (κ2) is 7.95. The highest BCUT2D eigenvalue weighted by molar-refractivity contribution is 5.95. The summed E-state index contributed by atoms with van der Waals surface area (Å²) in [6, 6.07) is 8.74. The Morgan fingerprint density at radius 2 is 1.90 bits per heavy atom. The number of benzene rings is 1. The fourth-order valence-electron chi connectivity index (χ4n) is 1.86. The van der Waals surface area contributed by atoms with Crippen molar-refractivity contribution in [2.24, 2.45) is 5.92 Å². The van der Waals surface area contributed by atoms with Gasteiger partial charge in [0.25, 0.3) is 0 Å². The van der Waals surface area contributed by atoms with Crippen LogP contribution in [0.15, 0.2) is 24.3 Å². The zero-order chi connectivity index (χ0) is 15.0. The van der Waals surface area contributed by atoms with Gasteiger partial charge in [-0.05, 0) is 25.0 Å². The zero-order valence-electron chi connectivity index (χ0n) is 11.8. The van der Waals surface area contributed by atoms with Crippen molar-refractivity contribution in [2.75, 3.05) is 11.9 Å². The first-order chi connectivity index (χ1) is 9.62. The number of nitrogens with one attached hydrogen (secondary N) is 2. The summed E-state index contributed by atoms with van der Waals surface area (Å²) in [5.41, 5.74) is 0.851. The van der Waals surface area contributed by atoms with Gasteiger partial charge in [-0.25, -0.2) is 0 Å². The molecule has 0 fully saturated rings. The highest BCUT2D eigenvalue weighted by Crippen LogP contribution is 2.13. The van der Waals surface area contributed by atoms with Crippen molar-refractivity contribution < 1.29 is 9.59 Å². The van der Waals surface area contributed by atoms with Crippen molar-refractivity contribution >= 4 is 17.5 Å². The largest absolute Gasteiger partial charge is 0.347 e. The van der Waals surface area contributed by atoms with Crippen LogP contribution in [0.25, 0.3) is 0 Å². The van der Waals surface area contributed by atoms with Gasteiger partial charge in [0.15, 0.2) is 0 Å². The molecule has 5 heteroatoms. The molecule has 0 saturated heterocycles. The number of rotatable bonds is 6. The molecule has 1 aromatic rings. The molecule has 1 rings (SSSR count). The van der Waals surface area contributed by atoms with E-state index < -0.39 is 0 Å². The zero-order valence-corrected chi connectivity index (χ0v) is 11.8. The summed E-state index contributed by atoms with van der Waals surface area (Å²) in [6.45, 7) is 3.79. The van der Waals surface area contributed by atoms with E-state index in [1.54, 1.807) is 24.3 Å². The monoisotopic (exact) mass is 273 g/mol. The Morgan fingerprint density at radius 3 is 2.50 bits per heavy atom. The molecule has 0 saturated carbocycles. The van der Waals surface area contributed by atoms with E-state index in [4.69, 9.17) is 5.26 Å². The van der Waals surface area contributed by atoms with Crippen LogP contribution in [-0.2, 0) is 9.59 Å². The van der Waals surface area contributed by atoms with Crippen LogP contribution < -0.4 is 10.6 Å². The quantitative estimate of drug-likeness (QED) is 0.832. The highest BCUT2D eigenvalue weighted by Gasteiger charge is 2.15. The van der Waals surface area contributed by atoms with E-state index in [-0.39, 0.29) is 24.3 Å². The van der Waals surface area contributed by atoms with Gasteiger partial charge in [0.2, 0.25) is 11.8 Å². The van der Waals surface area contributed by atoms with E-state index in [1.165, 1.54) is 0 Å². The van der Waals surface area contributed by atoms with Crippen LogP contribution >= 0.6 is 0 Å². The SMILES string of the molecule is CCC(CC)C(=O)NCC(=O)Nc1ccccc1C#N. The maximum Gasteiger partial charge on any atom is 0.243 e. The molecular weight excluding hydrogens is 254 g/mol. The highest BCUT2D eigenvalue weighted by atomic mass is 16.2. The molecular formula is C15H19N3O2. The van der Waals surface area contributed by atoms with Gasteiger partial charge in [0.1, 0.15) is 6.07 Å². The Kier molecular flexibility index (Phi) is 6.24. The molecule has 2 amide bonds. The van der Waals surface area contributed by atoms with Gasteiger partial charge in [-0.1, -0.05) is 26.0 Å². The molecule has 106 valence electrons. The Hall–Kier alpha value is -2.35. The third kappa shape index (κ3) is 4.39. The Labute approximate surface area is 119 Å². The van der Waals surface area contributed by atoms with Gasteiger partial charge in [-0.15, -0.1) is 0 Å². The fraction of sp³-hybridized carbons (Fsp3) is 0.400. The van der Waals surface area contributed by atoms with Crippen LogP contribution in [0.1, 0.15) is 32.3 Å². The fourth-order valence-corrected chi connectivity index (χ4v) is 1.86. The second-order valence-corrected chi connectivity index (χ2v) is 4.44. The predicted molar refractivity (Wildman–Crippen MR) is 76.9 cm³/mol. The lowest BCUT2D eigenvalue weighted by Gasteiger charge is -2.13. The van der Waals surface area contributed by atoms with Crippen molar-refractivity contribution in [1.29, 1.82) is 5.26 Å². The first-order valence-electron chi connectivity index (χ1n) is 6.69. The molecule has 5 nitrogen and oxygen atoms in total. The van der Waals surface area contributed by atoms with Crippen LogP contribution in [0.2, 0.25) is 0 Å². The van der Waals surface area contributed by atoms with Gasteiger partial charge >= 0.3 is 0 Å². The van der Waals surface area contributed by atoms with Crippen molar-refractivity contribution in [3.8, 4) is 6.07 Å². The number of anilines is 1. The molecule has 0 aromatic heterocycles. The number of carbonyl (C=O) groups excluding carboxylic acids is 2. The number of hydrogen-bond donors (Lipinski definition) is 2. The van der Waals surface area contributed by atoms with Gasteiger partial charge in [0.05, 0.1) is 17.8 Å². The van der Waals surface area contributed by atoms with Gasteiger partial charge in [-0.2, -0.15) is 5.26 Å². The summed E-state index contributed by atoms with van der Waals surface area (Å²) in [4.78, 5) is 23.5. The first kappa shape index (κ1) is 15.7. The molecule has 0 aliphatic rings. The molecule has 0 spiro atoms. The second-order valence-electron chi connectivity index (χ2n) is 4.44. The molecule has 20 heavy (non-hydrogen) atoms. The summed E-state index contributed by atoms with van der Waals surface area (Å²) in [7, 11) is 0. The van der Waals surface area contributed by atoms with E-state index in [0.717, 1.165) is 12.8 Å². The molecule has 0 aliphatic carbocycles. The Morgan fingerprint density at radius 1 is 1.25 bits per heavy atom. The Balaban J connectivity index is 2.53. The normalized spacial score (nSPS) is 9.90. The molecule has 2 N–H and O–H groups in total. The maximum atomic E-state index is 11.7. The first-order valence-corrected chi connectivity index (χ1v) is 6.69. The maximum absolute atomic E-state index is 11.7. The summed E-state index contributed by atoms with van der Waals surface area (Å²) >= 11 is 0. The minimum atomic E-state index is -0.341. The van der Waals surface area contributed by atoms with Crippen molar-refractivity contribution in [3.63, 3.8) is 0 Å². The molecule has 0 unspecified atom stereocenters. The molecule has 0 radical (unpaired) electrons. The average Bonchev–Trinajstić information content (AvgIpc) is 2.47. The number of hydrogen-bond acceptors (Lipinski definition) is 3. The summed E-state index contributed by atoms with van der Waals surface area (Å²) < 4.78 is 0. The summed E-state index contributed by atoms with van der Waals surface area (Å²) in [5.74, 6) is -0.514. The summed E-state index contributed by atoms with van der Waals surface area (Å²) in [5, 5.41) is 14.1. The van der Waals surface area contributed by atoms with Crippen LogP contribution in [-0.4, -0.2) is 18.4 Å². The van der Waals surface area contributed by atoms with Crippen molar-refractivity contribution in [1.82, 2.24) is 5.32 Å². The lowest BCUT2D eigenvalue weighted by atomic mass is 10.0. The number of carbonyl (C=O) groups is 2. The lowest BCUT2D eigenvalue weighted by molar-refractivity contribution is -0.127. The molecule has 0 heterocycles. The Bertz CT molecular complexity index is 516. The van der Waals surface area contributed by atoms with Gasteiger partial charge in [0, 0.05) is 5.92 Å². The standard InChI is InChI=1S/C15H19N3O2/c1-3-11(4-2)15(20)17-10-14(19)18-13-8-6-5-7-12(13)9-16/h5-8,11H,3-4,10H2,1-2H3,(H,17,20)(H,18,19). The van der Waals surface area contributed by atoms with Gasteiger partial charge in [-0.3, -0.25) is 9.59 Å². The average molecular weight is 273 g/mol. The van der Waals surface area contributed by atoms with Gasteiger partial charge < -0.3 is 10.6 Å². The third-order valence-corrected chi connectivity index (χ3v) is 3.10. The smallest absolute Gasteiger partial charge is 0.243 e. The van der Waals surface area contributed by atoms with E-state index in [1.807, 2.05) is 19.9 Å². The number of nitriles is 1. The van der Waals surface area contributed by atoms with Crippen LogP contribution in [0.4, 0.5) is 5.69 Å². The number of amides is 2. The number of para-hydroxylation sites is 1. The van der Waals surface area contributed by atoms with E-state index in [9.17, 15) is 9.59 Å². The molecule has 0 bridgehead atoms. The minimum absolute atomic E-state index is 0.0609. The molecule has 0 aliphatic heterocycles. The topological polar surface area (TPSA) is 82.0 Å². The summed E-state index contributed by atoms with van der Waals surface area (Å²) in [6.07, 6.45) is 1.50. The van der Waals surface area contributed by atoms with E-state index in [2.05, 4.69) is 10.6 Å². The third-order valence-electron chi connectivity index (χ3n) is 3.10. The van der Waals surface area contributed by atoms with E-state index >= 15 is 0 Å². The van der Waals surface area contributed by atoms with Crippen LogP contribution in [0, 0.1) is 17.2 Å². The number of nitrogens with zero attached hydrogens (tertiary/aromatic N) is 1. The van der Waals surface area contributed by atoms with E-state index in [0.29, 0.717) is 11.3 Å². The van der Waals surface area contributed by atoms with Crippen LogP contribution in [0.3, 0.4) is 0 Å². The lowest BCUT2D eigenvalue weighted by Crippen LogP contribution is -2.36. The molecule has 0 atom stereocenters.